The fourth-order valence-electron chi connectivity index (χ4n) is 4.12. The van der Waals surface area contributed by atoms with Crippen LogP contribution in [0.15, 0.2) is 34.2 Å². The Bertz CT molecular complexity index is 823. The molecule has 7 nitrogen and oxygen atoms in total. The van der Waals surface area contributed by atoms with E-state index >= 15 is 0 Å². The zero-order valence-corrected chi connectivity index (χ0v) is 22.3. The van der Waals surface area contributed by atoms with Crippen molar-refractivity contribution in [3.8, 4) is 0 Å². The number of sulfonamides is 1. The van der Waals surface area contributed by atoms with Gasteiger partial charge >= 0.3 is 0 Å². The topological polar surface area (TPSA) is 77.0 Å². The van der Waals surface area contributed by atoms with Crippen LogP contribution in [0.25, 0.3) is 0 Å². The van der Waals surface area contributed by atoms with Crippen molar-refractivity contribution in [2.45, 2.75) is 64.1 Å². The van der Waals surface area contributed by atoms with E-state index in [4.69, 9.17) is 4.99 Å². The lowest BCUT2D eigenvalue weighted by atomic mass is 10.1. The molecule has 2 atom stereocenters. The van der Waals surface area contributed by atoms with Crippen molar-refractivity contribution in [3.63, 3.8) is 0 Å². The molecule has 9 heteroatoms. The third kappa shape index (κ3) is 6.79. The Hall–Kier alpha value is -0.910. The van der Waals surface area contributed by atoms with Gasteiger partial charge in [-0.05, 0) is 57.2 Å². The van der Waals surface area contributed by atoms with Gasteiger partial charge in [-0.2, -0.15) is 4.31 Å². The Morgan fingerprint density at radius 3 is 2.35 bits per heavy atom. The molecule has 2 N–H and O–H groups in total. The Morgan fingerprint density at radius 1 is 1.16 bits per heavy atom. The van der Waals surface area contributed by atoms with Crippen LogP contribution in [0.2, 0.25) is 0 Å². The summed E-state index contributed by atoms with van der Waals surface area (Å²) in [5.74, 6) is 1.38. The number of rotatable bonds is 7. The van der Waals surface area contributed by atoms with Gasteiger partial charge in [-0.1, -0.05) is 19.1 Å². The highest BCUT2D eigenvalue weighted by atomic mass is 127. The highest BCUT2D eigenvalue weighted by molar-refractivity contribution is 14.0. The first kappa shape index (κ1) is 26.3. The number of nitrogens with one attached hydrogen (secondary N) is 2. The predicted octanol–water partition coefficient (Wildman–Crippen LogP) is 2.87. The molecule has 0 saturated carbocycles. The maximum absolute atomic E-state index is 12.7. The molecule has 0 aliphatic carbocycles. The van der Waals surface area contributed by atoms with E-state index in [0.717, 1.165) is 44.0 Å². The van der Waals surface area contributed by atoms with Crippen LogP contribution in [0.3, 0.4) is 0 Å². The SMILES string of the molecule is CCNC(=NCc1ccc(S(=O)(=O)N2CCCC2)cc1)NC1CN(C(C)C)CC1C.I. The molecule has 2 unspecified atom stereocenters. The zero-order chi connectivity index (χ0) is 21.7. The maximum Gasteiger partial charge on any atom is 0.243 e. The first-order chi connectivity index (χ1) is 14.3. The second kappa shape index (κ2) is 11.8. The minimum atomic E-state index is -3.36. The molecule has 0 radical (unpaired) electrons. The second-order valence-electron chi connectivity index (χ2n) is 8.73. The van der Waals surface area contributed by atoms with Gasteiger partial charge in [0.15, 0.2) is 5.96 Å². The summed E-state index contributed by atoms with van der Waals surface area (Å²) in [6.45, 7) is 13.5. The lowest BCUT2D eigenvalue weighted by Gasteiger charge is -2.22. The number of guanidine groups is 1. The van der Waals surface area contributed by atoms with Crippen LogP contribution in [0.5, 0.6) is 0 Å². The molecule has 2 fully saturated rings. The third-order valence-electron chi connectivity index (χ3n) is 6.08. The van der Waals surface area contributed by atoms with Crippen molar-refractivity contribution < 1.29 is 8.42 Å². The summed E-state index contributed by atoms with van der Waals surface area (Å²) in [6.07, 6.45) is 1.89. The first-order valence-electron chi connectivity index (χ1n) is 11.2. The monoisotopic (exact) mass is 563 g/mol. The van der Waals surface area contributed by atoms with Gasteiger partial charge in [0.1, 0.15) is 0 Å². The van der Waals surface area contributed by atoms with E-state index in [1.165, 1.54) is 0 Å². The van der Waals surface area contributed by atoms with Crippen LogP contribution < -0.4 is 10.6 Å². The highest BCUT2D eigenvalue weighted by Crippen LogP contribution is 2.21. The van der Waals surface area contributed by atoms with E-state index in [1.54, 1.807) is 16.4 Å². The van der Waals surface area contributed by atoms with Gasteiger partial charge in [-0.15, -0.1) is 24.0 Å². The molecule has 0 aromatic heterocycles. The van der Waals surface area contributed by atoms with Crippen molar-refractivity contribution in [1.29, 1.82) is 0 Å². The van der Waals surface area contributed by atoms with E-state index in [-0.39, 0.29) is 24.0 Å². The Labute approximate surface area is 205 Å². The van der Waals surface area contributed by atoms with Crippen LogP contribution in [-0.2, 0) is 16.6 Å². The van der Waals surface area contributed by atoms with Crippen molar-refractivity contribution in [1.82, 2.24) is 19.8 Å². The molecule has 3 rings (SSSR count). The molecular weight excluding hydrogens is 525 g/mol. The van der Waals surface area contributed by atoms with Crippen LogP contribution in [0.4, 0.5) is 0 Å². The molecule has 2 heterocycles. The van der Waals surface area contributed by atoms with Gasteiger partial charge in [-0.25, -0.2) is 13.4 Å². The van der Waals surface area contributed by atoms with Crippen LogP contribution in [0.1, 0.15) is 46.1 Å². The van der Waals surface area contributed by atoms with Crippen molar-refractivity contribution >= 4 is 40.0 Å². The zero-order valence-electron chi connectivity index (χ0n) is 19.2. The number of hydrogen-bond donors (Lipinski definition) is 2. The Kier molecular flexibility index (Phi) is 10.0. The quantitative estimate of drug-likeness (QED) is 0.303. The largest absolute Gasteiger partial charge is 0.357 e. The average Bonchev–Trinajstić information content (AvgIpc) is 3.38. The maximum atomic E-state index is 12.7. The number of benzene rings is 1. The fourth-order valence-corrected chi connectivity index (χ4v) is 5.64. The average molecular weight is 564 g/mol. The number of halogens is 1. The van der Waals surface area contributed by atoms with Gasteiger partial charge in [0.25, 0.3) is 0 Å². The summed E-state index contributed by atoms with van der Waals surface area (Å²) in [5, 5.41) is 6.92. The predicted molar refractivity (Wildman–Crippen MR) is 137 cm³/mol. The van der Waals surface area contributed by atoms with Crippen molar-refractivity contribution in [2.75, 3.05) is 32.7 Å². The molecule has 1 aromatic carbocycles. The van der Waals surface area contributed by atoms with Gasteiger partial charge in [0.05, 0.1) is 11.4 Å². The number of nitrogens with zero attached hydrogens (tertiary/aromatic N) is 3. The Morgan fingerprint density at radius 2 is 1.81 bits per heavy atom. The van der Waals surface area contributed by atoms with Crippen LogP contribution >= 0.6 is 24.0 Å². The molecule has 2 aliphatic heterocycles. The van der Waals surface area contributed by atoms with Gasteiger partial charge in [0.2, 0.25) is 10.0 Å². The lowest BCUT2D eigenvalue weighted by molar-refractivity contribution is 0.265. The van der Waals surface area contributed by atoms with Crippen molar-refractivity contribution in [2.24, 2.45) is 10.9 Å². The number of likely N-dealkylation sites (tertiary alicyclic amines) is 1. The standard InChI is InChI=1S/C22H37N5O2S.HI/c1-5-23-22(25-21-16-26(17(2)3)15-18(21)4)24-14-19-8-10-20(11-9-19)30(28,29)27-12-6-7-13-27;/h8-11,17-18,21H,5-7,12-16H2,1-4H3,(H2,23,24,25);1H. The Balaban J connectivity index is 0.00000341. The first-order valence-corrected chi connectivity index (χ1v) is 12.6. The molecule has 1 aromatic rings. The van der Waals surface area contributed by atoms with E-state index in [2.05, 4.69) is 43.2 Å². The summed E-state index contributed by atoms with van der Waals surface area (Å²) in [6, 6.07) is 8.08. The molecule has 31 heavy (non-hydrogen) atoms. The van der Waals surface area contributed by atoms with Crippen LogP contribution in [-0.4, -0.2) is 68.4 Å². The number of hydrogen-bond acceptors (Lipinski definition) is 4. The fraction of sp³-hybridized carbons (Fsp3) is 0.682. The minimum Gasteiger partial charge on any atom is -0.357 e. The molecule has 0 amide bonds. The van der Waals surface area contributed by atoms with Crippen LogP contribution in [0, 0.1) is 5.92 Å². The highest BCUT2D eigenvalue weighted by Gasteiger charge is 2.31. The molecule has 176 valence electrons. The third-order valence-corrected chi connectivity index (χ3v) is 8.00. The van der Waals surface area contributed by atoms with Crippen molar-refractivity contribution in [3.05, 3.63) is 29.8 Å². The van der Waals surface area contributed by atoms with E-state index in [0.29, 0.717) is 42.5 Å². The van der Waals surface area contributed by atoms with Gasteiger partial charge in [-0.3, -0.25) is 4.90 Å². The molecular formula is C22H38IN5O2S. The van der Waals surface area contributed by atoms with E-state index < -0.39 is 10.0 Å². The molecule has 2 saturated heterocycles. The summed E-state index contributed by atoms with van der Waals surface area (Å²) in [5.41, 5.74) is 0.996. The lowest BCUT2D eigenvalue weighted by Crippen LogP contribution is -2.46. The second-order valence-corrected chi connectivity index (χ2v) is 10.7. The molecule has 0 spiro atoms. The summed E-state index contributed by atoms with van der Waals surface area (Å²) in [4.78, 5) is 7.60. The van der Waals surface area contributed by atoms with Gasteiger partial charge in [0, 0.05) is 44.8 Å². The smallest absolute Gasteiger partial charge is 0.243 e. The molecule has 0 bridgehead atoms. The van der Waals surface area contributed by atoms with E-state index in [9.17, 15) is 8.42 Å². The van der Waals surface area contributed by atoms with Gasteiger partial charge < -0.3 is 10.6 Å². The van der Waals surface area contributed by atoms with E-state index in [1.807, 2.05) is 12.1 Å². The normalized spacial score (nSPS) is 23.2. The summed E-state index contributed by atoms with van der Waals surface area (Å²) < 4.78 is 26.9. The summed E-state index contributed by atoms with van der Waals surface area (Å²) in [7, 11) is -3.36. The number of aliphatic imine (C=N–C) groups is 1. The minimum absolute atomic E-state index is 0. The summed E-state index contributed by atoms with van der Waals surface area (Å²) >= 11 is 0. The molecule has 2 aliphatic rings.